The molecule has 5 aromatic rings. The third-order valence-corrected chi connectivity index (χ3v) is 6.64. The molecule has 0 aliphatic rings. The first kappa shape index (κ1) is 19.7. The van der Waals surface area contributed by atoms with E-state index < -0.39 is 0 Å². The van der Waals surface area contributed by atoms with E-state index in [1.807, 2.05) is 73.0 Å². The van der Waals surface area contributed by atoms with Crippen molar-refractivity contribution in [3.05, 3.63) is 93.4 Å². The van der Waals surface area contributed by atoms with Gasteiger partial charge < -0.3 is 4.52 Å². The molecule has 0 atom stereocenters. The van der Waals surface area contributed by atoms with Gasteiger partial charge in [0.25, 0.3) is 5.56 Å². The molecule has 0 unspecified atom stereocenters. The number of hydrogen-bond acceptors (Lipinski definition) is 7. The molecule has 2 aromatic carbocycles. The minimum Gasteiger partial charge on any atom is -0.338 e. The highest BCUT2D eigenvalue weighted by Crippen LogP contribution is 2.25. The molecule has 0 bridgehead atoms. The van der Waals surface area contributed by atoms with Crippen LogP contribution in [0, 0.1) is 6.92 Å². The van der Waals surface area contributed by atoms with Crippen molar-refractivity contribution in [2.24, 2.45) is 0 Å². The van der Waals surface area contributed by atoms with Gasteiger partial charge in [0.2, 0.25) is 11.7 Å². The fourth-order valence-corrected chi connectivity index (χ4v) is 4.89. The van der Waals surface area contributed by atoms with E-state index in [1.54, 1.807) is 4.57 Å². The number of thioether (sulfide) groups is 1. The van der Waals surface area contributed by atoms with Crippen LogP contribution in [0.15, 0.2) is 80.5 Å². The number of benzene rings is 2. The van der Waals surface area contributed by atoms with Crippen LogP contribution in [0.3, 0.4) is 0 Å². The lowest BCUT2D eigenvalue weighted by Gasteiger charge is -2.11. The number of aromatic nitrogens is 4. The van der Waals surface area contributed by atoms with Gasteiger partial charge in [0.1, 0.15) is 4.70 Å². The summed E-state index contributed by atoms with van der Waals surface area (Å²) in [7, 11) is 0. The van der Waals surface area contributed by atoms with Crippen molar-refractivity contribution < 1.29 is 4.52 Å². The highest BCUT2D eigenvalue weighted by Gasteiger charge is 2.15. The lowest BCUT2D eigenvalue weighted by Crippen LogP contribution is -2.23. The van der Waals surface area contributed by atoms with Gasteiger partial charge in [0, 0.05) is 5.56 Å². The summed E-state index contributed by atoms with van der Waals surface area (Å²) in [6.07, 6.45) is 0. The lowest BCUT2D eigenvalue weighted by molar-refractivity contribution is 0.391. The average molecular weight is 447 g/mol. The van der Waals surface area contributed by atoms with Crippen LogP contribution in [0.1, 0.15) is 17.0 Å². The third-order valence-electron chi connectivity index (χ3n) is 4.78. The predicted octanol–water partition coefficient (Wildman–Crippen LogP) is 5.16. The SMILES string of the molecule is Cc1cccc(-c2noc(CSc3nc4ccsc4c(=O)n3Cc3ccccc3)n2)c1. The van der Waals surface area contributed by atoms with Crippen molar-refractivity contribution in [1.29, 1.82) is 0 Å². The van der Waals surface area contributed by atoms with Crippen LogP contribution in [-0.2, 0) is 12.3 Å². The fraction of sp³-hybridized carbons (Fsp3) is 0.130. The molecule has 0 N–H and O–H groups in total. The molecular weight excluding hydrogens is 428 g/mol. The van der Waals surface area contributed by atoms with Crippen LogP contribution in [0.4, 0.5) is 0 Å². The number of rotatable bonds is 6. The first-order chi connectivity index (χ1) is 15.2. The average Bonchev–Trinajstić information content (AvgIpc) is 3.45. The van der Waals surface area contributed by atoms with Gasteiger partial charge in [0.15, 0.2) is 5.16 Å². The molecule has 0 amide bonds. The Morgan fingerprint density at radius 2 is 1.94 bits per heavy atom. The highest BCUT2D eigenvalue weighted by atomic mass is 32.2. The highest BCUT2D eigenvalue weighted by molar-refractivity contribution is 7.98. The van der Waals surface area contributed by atoms with Crippen LogP contribution in [0.5, 0.6) is 0 Å². The van der Waals surface area contributed by atoms with Crippen LogP contribution in [0.25, 0.3) is 21.6 Å². The molecule has 5 rings (SSSR count). The van der Waals surface area contributed by atoms with Gasteiger partial charge in [-0.15, -0.1) is 11.3 Å². The van der Waals surface area contributed by atoms with Gasteiger partial charge in [-0.3, -0.25) is 9.36 Å². The number of aryl methyl sites for hydroxylation is 1. The van der Waals surface area contributed by atoms with E-state index in [0.29, 0.717) is 39.4 Å². The zero-order valence-corrected chi connectivity index (χ0v) is 18.3. The predicted molar refractivity (Wildman–Crippen MR) is 123 cm³/mol. The van der Waals surface area contributed by atoms with Gasteiger partial charge in [-0.2, -0.15) is 4.98 Å². The fourth-order valence-electron chi connectivity index (χ4n) is 3.28. The Morgan fingerprint density at radius 1 is 1.06 bits per heavy atom. The summed E-state index contributed by atoms with van der Waals surface area (Å²) >= 11 is 2.84. The van der Waals surface area contributed by atoms with Crippen molar-refractivity contribution in [3.8, 4) is 11.4 Å². The second-order valence-electron chi connectivity index (χ2n) is 7.08. The molecule has 8 heteroatoms. The first-order valence-corrected chi connectivity index (χ1v) is 11.6. The molecule has 3 heterocycles. The van der Waals surface area contributed by atoms with E-state index in [4.69, 9.17) is 9.51 Å². The van der Waals surface area contributed by atoms with Crippen LogP contribution >= 0.6 is 23.1 Å². The van der Waals surface area contributed by atoms with E-state index >= 15 is 0 Å². The summed E-state index contributed by atoms with van der Waals surface area (Å²) in [5.74, 6) is 1.48. The largest absolute Gasteiger partial charge is 0.338 e. The summed E-state index contributed by atoms with van der Waals surface area (Å²) in [4.78, 5) is 22.4. The first-order valence-electron chi connectivity index (χ1n) is 9.72. The summed E-state index contributed by atoms with van der Waals surface area (Å²) in [6, 6.07) is 19.8. The maximum atomic E-state index is 13.1. The van der Waals surface area contributed by atoms with E-state index in [0.717, 1.165) is 16.7 Å². The Hall–Kier alpha value is -3.23. The Kier molecular flexibility index (Phi) is 5.40. The monoisotopic (exact) mass is 446 g/mol. The molecule has 0 aliphatic carbocycles. The smallest absolute Gasteiger partial charge is 0.272 e. The van der Waals surface area contributed by atoms with Crippen LogP contribution in [0.2, 0.25) is 0 Å². The molecule has 3 aromatic heterocycles. The molecule has 0 saturated heterocycles. The maximum Gasteiger partial charge on any atom is 0.272 e. The van der Waals surface area contributed by atoms with Crippen molar-refractivity contribution >= 4 is 33.3 Å². The molecule has 0 aliphatic heterocycles. The van der Waals surface area contributed by atoms with E-state index in [2.05, 4.69) is 10.1 Å². The molecule has 0 spiro atoms. The van der Waals surface area contributed by atoms with Gasteiger partial charge >= 0.3 is 0 Å². The Balaban J connectivity index is 1.44. The zero-order valence-electron chi connectivity index (χ0n) is 16.7. The zero-order chi connectivity index (χ0) is 21.2. The van der Waals surface area contributed by atoms with Crippen molar-refractivity contribution in [1.82, 2.24) is 19.7 Å². The third kappa shape index (κ3) is 4.17. The van der Waals surface area contributed by atoms with Crippen LogP contribution < -0.4 is 5.56 Å². The number of fused-ring (bicyclic) bond motifs is 1. The van der Waals surface area contributed by atoms with Gasteiger partial charge in [0.05, 0.1) is 17.8 Å². The number of hydrogen-bond donors (Lipinski definition) is 0. The maximum absolute atomic E-state index is 13.1. The summed E-state index contributed by atoms with van der Waals surface area (Å²) < 4.78 is 7.83. The van der Waals surface area contributed by atoms with Crippen molar-refractivity contribution in [2.45, 2.75) is 24.4 Å². The summed E-state index contributed by atoms with van der Waals surface area (Å²) in [5.41, 5.74) is 3.78. The quantitative estimate of drug-likeness (QED) is 0.265. The summed E-state index contributed by atoms with van der Waals surface area (Å²) in [6.45, 7) is 2.49. The number of thiophene rings is 1. The lowest BCUT2D eigenvalue weighted by atomic mass is 10.1. The van der Waals surface area contributed by atoms with Crippen LogP contribution in [-0.4, -0.2) is 19.7 Å². The second kappa shape index (κ2) is 8.49. The Bertz CT molecular complexity index is 1410. The van der Waals surface area contributed by atoms with Gasteiger partial charge in [-0.25, -0.2) is 4.98 Å². The molecule has 0 radical (unpaired) electrons. The normalized spacial score (nSPS) is 11.3. The van der Waals surface area contributed by atoms with Gasteiger partial charge in [-0.05, 0) is 30.0 Å². The molecule has 31 heavy (non-hydrogen) atoms. The molecule has 0 fully saturated rings. The minimum atomic E-state index is -0.0302. The summed E-state index contributed by atoms with van der Waals surface area (Å²) in [5, 5.41) is 6.63. The standard InChI is InChI=1S/C23H18N4O2S2/c1-15-6-5-9-17(12-15)21-25-19(29-26-21)14-31-23-24-18-10-11-30-20(18)22(28)27(23)13-16-7-3-2-4-8-16/h2-12H,13-14H2,1H3. The minimum absolute atomic E-state index is 0.0302. The Labute approximate surface area is 186 Å². The van der Waals surface area contributed by atoms with E-state index in [9.17, 15) is 4.79 Å². The molecular formula is C23H18N4O2S2. The van der Waals surface area contributed by atoms with E-state index in [-0.39, 0.29) is 5.56 Å². The molecule has 6 nitrogen and oxygen atoms in total. The van der Waals surface area contributed by atoms with Crippen molar-refractivity contribution in [2.75, 3.05) is 0 Å². The molecule has 154 valence electrons. The second-order valence-corrected chi connectivity index (χ2v) is 8.93. The molecule has 0 saturated carbocycles. The van der Waals surface area contributed by atoms with E-state index in [1.165, 1.54) is 23.1 Å². The topological polar surface area (TPSA) is 73.8 Å². The Morgan fingerprint density at radius 3 is 2.77 bits per heavy atom. The van der Waals surface area contributed by atoms with Gasteiger partial charge in [-0.1, -0.05) is 71.0 Å². The van der Waals surface area contributed by atoms with Crippen molar-refractivity contribution in [3.63, 3.8) is 0 Å². The number of nitrogens with zero attached hydrogens (tertiary/aromatic N) is 4.